The van der Waals surface area contributed by atoms with Gasteiger partial charge in [0.05, 0.1) is 7.11 Å². The van der Waals surface area contributed by atoms with Crippen molar-refractivity contribution in [1.29, 1.82) is 0 Å². The van der Waals surface area contributed by atoms with Gasteiger partial charge in [0.2, 0.25) is 0 Å². The first kappa shape index (κ1) is 25.1. The first-order valence-electron chi connectivity index (χ1n) is 11.9. The van der Waals surface area contributed by atoms with Gasteiger partial charge in [0.1, 0.15) is 0 Å². The molecule has 3 nitrogen and oxygen atoms in total. The average molecular weight is 433 g/mol. The lowest BCUT2D eigenvalue weighted by Gasteiger charge is -2.42. The summed E-state index contributed by atoms with van der Waals surface area (Å²) in [5.74, 6) is 2.16. The number of methoxy groups -OCH3 is 1. The van der Waals surface area contributed by atoms with Crippen LogP contribution < -0.4 is 0 Å². The van der Waals surface area contributed by atoms with Gasteiger partial charge in [-0.2, -0.15) is 0 Å². The molecular formula is C26H44O3Si. The van der Waals surface area contributed by atoms with Crippen molar-refractivity contribution in [2.24, 2.45) is 23.7 Å². The lowest BCUT2D eigenvalue weighted by Crippen LogP contribution is -2.48. The second-order valence-electron chi connectivity index (χ2n) is 10.2. The molecule has 0 aliphatic heterocycles. The first-order valence-corrected chi connectivity index (χ1v) is 14.0. The number of carbonyl (C=O) groups excluding carboxylic acids is 1. The molecule has 0 amide bonds. The fourth-order valence-corrected chi connectivity index (χ4v) is 11.8. The van der Waals surface area contributed by atoms with E-state index >= 15 is 0 Å². The van der Waals surface area contributed by atoms with Crippen molar-refractivity contribution < 1.29 is 14.0 Å². The Labute approximate surface area is 186 Å². The molecule has 0 spiro atoms. The summed E-state index contributed by atoms with van der Waals surface area (Å²) in [5, 5.41) is 0. The number of fused-ring (bicyclic) bond motifs is 1. The van der Waals surface area contributed by atoms with E-state index in [-0.39, 0.29) is 5.97 Å². The molecule has 170 valence electrons. The molecule has 1 fully saturated rings. The topological polar surface area (TPSA) is 35.5 Å². The minimum atomic E-state index is -1.82. The van der Waals surface area contributed by atoms with Crippen molar-refractivity contribution >= 4 is 14.3 Å². The number of hydrogen-bond acceptors (Lipinski definition) is 3. The van der Waals surface area contributed by atoms with Crippen LogP contribution >= 0.6 is 0 Å². The summed E-state index contributed by atoms with van der Waals surface area (Å²) in [7, 11) is -0.370. The van der Waals surface area contributed by atoms with E-state index in [1.807, 2.05) is 0 Å². The van der Waals surface area contributed by atoms with Crippen LogP contribution in [0.25, 0.3) is 0 Å². The highest BCUT2D eigenvalue weighted by atomic mass is 28.4. The number of esters is 1. The molecule has 0 bridgehead atoms. The number of allylic oxidation sites excluding steroid dienone is 5. The summed E-state index contributed by atoms with van der Waals surface area (Å²) < 4.78 is 11.6. The summed E-state index contributed by atoms with van der Waals surface area (Å²) in [4.78, 5) is 11.4. The number of carbonyl (C=O) groups is 1. The summed E-state index contributed by atoms with van der Waals surface area (Å²) >= 11 is 0. The maximum atomic E-state index is 11.4. The molecule has 2 aliphatic rings. The standard InChI is InChI=1S/C26H44O3Si/c1-18(2)30(19(3)4,20(5)6)29-16-15-23-22(11-9-10-12-26(27)28-8)17-25-21(7)13-14-24(23)25/h9,11,13-14,18-20,22-25H,7,10,12,15-17H2,1-6,8H3/b11-9+/t22-,23+,24-,25-/m1/s1. The molecule has 1 saturated carbocycles. The third kappa shape index (κ3) is 5.37. The fraction of sp³-hybridized carbons (Fsp3) is 0.731. The minimum absolute atomic E-state index is 0.137. The third-order valence-corrected chi connectivity index (χ3v) is 13.8. The van der Waals surface area contributed by atoms with E-state index in [9.17, 15) is 4.79 Å². The maximum absolute atomic E-state index is 11.4. The van der Waals surface area contributed by atoms with E-state index in [4.69, 9.17) is 9.16 Å². The predicted octanol–water partition coefficient (Wildman–Crippen LogP) is 7.07. The number of rotatable bonds is 11. The van der Waals surface area contributed by atoms with Gasteiger partial charge in [0.25, 0.3) is 0 Å². The maximum Gasteiger partial charge on any atom is 0.305 e. The van der Waals surface area contributed by atoms with Crippen molar-refractivity contribution in [3.8, 4) is 0 Å². The van der Waals surface area contributed by atoms with Crippen LogP contribution in [0.5, 0.6) is 0 Å². The summed E-state index contributed by atoms with van der Waals surface area (Å²) in [6, 6.07) is 0. The highest BCUT2D eigenvalue weighted by Crippen LogP contribution is 2.51. The molecule has 0 aromatic carbocycles. The molecule has 2 aliphatic carbocycles. The lowest BCUT2D eigenvalue weighted by molar-refractivity contribution is -0.140. The van der Waals surface area contributed by atoms with Crippen LogP contribution in [-0.4, -0.2) is 28.0 Å². The molecule has 2 rings (SSSR count). The van der Waals surface area contributed by atoms with Crippen LogP contribution in [0, 0.1) is 23.7 Å². The minimum Gasteiger partial charge on any atom is -0.469 e. The first-order chi connectivity index (χ1) is 14.1. The molecular weight excluding hydrogens is 388 g/mol. The highest BCUT2D eigenvalue weighted by molar-refractivity contribution is 6.77. The van der Waals surface area contributed by atoms with Crippen LogP contribution in [0.4, 0.5) is 0 Å². The van der Waals surface area contributed by atoms with Gasteiger partial charge in [-0.15, -0.1) is 0 Å². The molecule has 4 atom stereocenters. The quantitative estimate of drug-likeness (QED) is 0.199. The van der Waals surface area contributed by atoms with Crippen molar-refractivity contribution in [1.82, 2.24) is 0 Å². The largest absolute Gasteiger partial charge is 0.469 e. The van der Waals surface area contributed by atoms with Gasteiger partial charge in [-0.05, 0) is 59.6 Å². The van der Waals surface area contributed by atoms with Gasteiger partial charge in [-0.3, -0.25) is 4.79 Å². The second kappa shape index (κ2) is 10.9. The third-order valence-electron chi connectivity index (χ3n) is 7.68. The zero-order valence-corrected chi connectivity index (χ0v) is 21.3. The molecule has 0 radical (unpaired) electrons. The molecule has 0 N–H and O–H groups in total. The number of ether oxygens (including phenoxy) is 1. The molecule has 0 aromatic rings. The van der Waals surface area contributed by atoms with Crippen LogP contribution in [0.1, 0.15) is 67.2 Å². The lowest BCUT2D eigenvalue weighted by atomic mass is 9.86. The van der Waals surface area contributed by atoms with Gasteiger partial charge in [-0.25, -0.2) is 0 Å². The highest BCUT2D eigenvalue weighted by Gasteiger charge is 2.46. The van der Waals surface area contributed by atoms with Crippen LogP contribution in [0.3, 0.4) is 0 Å². The predicted molar refractivity (Wildman–Crippen MR) is 129 cm³/mol. The SMILES string of the molecule is C=C1C=C[C@@H]2[C@@H](CCO[Si](C(C)C)(C(C)C)C(C)C)[C@H](/C=C/CCC(=O)OC)C[C@H]12. The van der Waals surface area contributed by atoms with E-state index in [2.05, 4.69) is 72.4 Å². The molecule has 0 saturated heterocycles. The Hall–Kier alpha value is -1.13. The van der Waals surface area contributed by atoms with E-state index in [1.54, 1.807) is 0 Å². The zero-order valence-electron chi connectivity index (χ0n) is 20.3. The van der Waals surface area contributed by atoms with Gasteiger partial charge in [0, 0.05) is 13.0 Å². The van der Waals surface area contributed by atoms with E-state index in [1.165, 1.54) is 12.7 Å². The molecule has 0 heterocycles. The Morgan fingerprint density at radius 3 is 2.40 bits per heavy atom. The van der Waals surface area contributed by atoms with Crippen molar-refractivity contribution in [3.05, 3.63) is 36.5 Å². The fourth-order valence-electron chi connectivity index (χ4n) is 6.32. The van der Waals surface area contributed by atoms with Gasteiger partial charge in [-0.1, -0.05) is 78.0 Å². The monoisotopic (exact) mass is 432 g/mol. The molecule has 30 heavy (non-hydrogen) atoms. The molecule has 0 aromatic heterocycles. The van der Waals surface area contributed by atoms with Crippen LogP contribution in [-0.2, 0) is 14.0 Å². The summed E-state index contributed by atoms with van der Waals surface area (Å²) in [6.45, 7) is 19.3. The van der Waals surface area contributed by atoms with Crippen LogP contribution in [0.15, 0.2) is 36.5 Å². The average Bonchev–Trinajstić information content (AvgIpc) is 3.20. The van der Waals surface area contributed by atoms with Gasteiger partial charge >= 0.3 is 5.97 Å². The number of hydrogen-bond donors (Lipinski definition) is 0. The van der Waals surface area contributed by atoms with Crippen molar-refractivity contribution in [2.75, 3.05) is 13.7 Å². The van der Waals surface area contributed by atoms with Crippen molar-refractivity contribution in [2.45, 2.75) is 83.8 Å². The Kier molecular flexibility index (Phi) is 9.17. The summed E-state index contributed by atoms with van der Waals surface area (Å²) in [6.07, 6.45) is 12.6. The zero-order chi connectivity index (χ0) is 22.5. The molecule has 4 heteroatoms. The van der Waals surface area contributed by atoms with Crippen LogP contribution in [0.2, 0.25) is 16.6 Å². The van der Waals surface area contributed by atoms with Crippen molar-refractivity contribution in [3.63, 3.8) is 0 Å². The Bertz CT molecular complexity index is 625. The van der Waals surface area contributed by atoms with Gasteiger partial charge in [0.15, 0.2) is 8.32 Å². The normalized spacial score (nSPS) is 26.5. The van der Waals surface area contributed by atoms with E-state index in [0.29, 0.717) is 46.7 Å². The Morgan fingerprint density at radius 2 is 1.83 bits per heavy atom. The van der Waals surface area contributed by atoms with E-state index < -0.39 is 8.32 Å². The Balaban J connectivity index is 2.06. The second-order valence-corrected chi connectivity index (χ2v) is 15.6. The van der Waals surface area contributed by atoms with E-state index in [0.717, 1.165) is 25.9 Å². The van der Waals surface area contributed by atoms with Gasteiger partial charge < -0.3 is 9.16 Å². The molecule has 0 unspecified atom stereocenters. The Morgan fingerprint density at radius 1 is 1.20 bits per heavy atom. The smallest absolute Gasteiger partial charge is 0.305 e. The summed E-state index contributed by atoms with van der Waals surface area (Å²) in [5.41, 5.74) is 3.14.